The third-order valence-corrected chi connectivity index (χ3v) is 1.78. The van der Waals surface area contributed by atoms with Gasteiger partial charge in [0.2, 0.25) is 0 Å². The van der Waals surface area contributed by atoms with Gasteiger partial charge in [-0.3, -0.25) is 0 Å². The van der Waals surface area contributed by atoms with Crippen molar-refractivity contribution in [3.05, 3.63) is 41.0 Å². The lowest BCUT2D eigenvalue weighted by molar-refractivity contribution is 0.343. The Bertz CT molecular complexity index is 332. The van der Waals surface area contributed by atoms with Gasteiger partial charge in [0, 0.05) is 0 Å². The van der Waals surface area contributed by atoms with Crippen LogP contribution in [0.15, 0.2) is 18.2 Å². The molecular weight excluding hydrogens is 174 g/mol. The van der Waals surface area contributed by atoms with Gasteiger partial charge in [-0.05, 0) is 24.1 Å². The van der Waals surface area contributed by atoms with Crippen LogP contribution in [0, 0.1) is 18.6 Å². The van der Waals surface area contributed by atoms with Gasteiger partial charge in [-0.15, -0.1) is 0 Å². The first-order valence-electron chi connectivity index (χ1n) is 3.89. The molecule has 1 rings (SSSR count). The molecule has 0 aliphatic carbocycles. The van der Waals surface area contributed by atoms with Gasteiger partial charge >= 0.3 is 0 Å². The zero-order chi connectivity index (χ0) is 9.84. The minimum Gasteiger partial charge on any atom is -0.392 e. The molecule has 0 saturated carbocycles. The SMILES string of the molecule is Cc1c(C=CCO)ccc(F)c1F. The van der Waals surface area contributed by atoms with E-state index >= 15 is 0 Å². The Morgan fingerprint density at radius 1 is 1.38 bits per heavy atom. The minimum atomic E-state index is -0.848. The minimum absolute atomic E-state index is 0.113. The maximum Gasteiger partial charge on any atom is 0.162 e. The lowest BCUT2D eigenvalue weighted by Crippen LogP contribution is -1.91. The summed E-state index contributed by atoms with van der Waals surface area (Å²) >= 11 is 0. The Morgan fingerprint density at radius 3 is 2.69 bits per heavy atom. The van der Waals surface area contributed by atoms with Crippen molar-refractivity contribution in [1.29, 1.82) is 0 Å². The average molecular weight is 184 g/mol. The van der Waals surface area contributed by atoms with E-state index in [9.17, 15) is 8.78 Å². The van der Waals surface area contributed by atoms with Gasteiger partial charge in [-0.1, -0.05) is 18.2 Å². The fourth-order valence-electron chi connectivity index (χ4n) is 1.03. The quantitative estimate of drug-likeness (QED) is 0.747. The second-order valence-corrected chi connectivity index (χ2v) is 2.66. The smallest absolute Gasteiger partial charge is 0.162 e. The van der Waals surface area contributed by atoms with Gasteiger partial charge < -0.3 is 5.11 Å². The van der Waals surface area contributed by atoms with Crippen molar-refractivity contribution in [1.82, 2.24) is 0 Å². The molecule has 0 bridgehead atoms. The van der Waals surface area contributed by atoms with Gasteiger partial charge in [0.25, 0.3) is 0 Å². The van der Waals surface area contributed by atoms with E-state index in [4.69, 9.17) is 5.11 Å². The van der Waals surface area contributed by atoms with Crippen LogP contribution in [0.4, 0.5) is 8.78 Å². The molecular formula is C10H10F2O. The van der Waals surface area contributed by atoms with Gasteiger partial charge in [-0.25, -0.2) is 8.78 Å². The van der Waals surface area contributed by atoms with Gasteiger partial charge in [0.05, 0.1) is 6.61 Å². The summed E-state index contributed by atoms with van der Waals surface area (Å²) in [5, 5.41) is 8.49. The third-order valence-electron chi connectivity index (χ3n) is 1.78. The largest absolute Gasteiger partial charge is 0.392 e. The highest BCUT2D eigenvalue weighted by Gasteiger charge is 2.06. The van der Waals surface area contributed by atoms with Crippen LogP contribution in [0.1, 0.15) is 11.1 Å². The summed E-state index contributed by atoms with van der Waals surface area (Å²) < 4.78 is 25.6. The molecule has 0 heterocycles. The van der Waals surface area contributed by atoms with Crippen molar-refractivity contribution in [2.24, 2.45) is 0 Å². The first-order valence-corrected chi connectivity index (χ1v) is 3.89. The fourth-order valence-corrected chi connectivity index (χ4v) is 1.03. The van der Waals surface area contributed by atoms with E-state index in [1.54, 1.807) is 6.08 Å². The summed E-state index contributed by atoms with van der Waals surface area (Å²) in [7, 11) is 0. The normalized spacial score (nSPS) is 11.1. The maximum atomic E-state index is 12.9. The summed E-state index contributed by atoms with van der Waals surface area (Å²) in [4.78, 5) is 0. The number of hydrogen-bond donors (Lipinski definition) is 1. The Kier molecular flexibility index (Phi) is 3.14. The number of aliphatic hydroxyl groups excluding tert-OH is 1. The number of benzene rings is 1. The molecule has 0 radical (unpaired) electrons. The molecule has 0 aromatic heterocycles. The summed E-state index contributed by atoms with van der Waals surface area (Å²) in [6.45, 7) is 1.38. The highest BCUT2D eigenvalue weighted by atomic mass is 19.2. The standard InChI is InChI=1S/C10H10F2O/c1-7-8(3-2-6-13)4-5-9(11)10(7)12/h2-5,13H,6H2,1H3. The molecule has 1 nitrogen and oxygen atoms in total. The summed E-state index contributed by atoms with van der Waals surface area (Å²) in [5.41, 5.74) is 0.831. The molecule has 0 saturated heterocycles. The van der Waals surface area contributed by atoms with Crippen LogP contribution in [-0.2, 0) is 0 Å². The highest BCUT2D eigenvalue weighted by molar-refractivity contribution is 5.53. The van der Waals surface area contributed by atoms with Gasteiger partial charge in [0.15, 0.2) is 11.6 Å². The van der Waals surface area contributed by atoms with E-state index in [2.05, 4.69) is 0 Å². The Balaban J connectivity index is 3.11. The molecule has 0 aliphatic rings. The van der Waals surface area contributed by atoms with Crippen LogP contribution >= 0.6 is 0 Å². The van der Waals surface area contributed by atoms with Crippen molar-refractivity contribution in [3.8, 4) is 0 Å². The number of aliphatic hydroxyl groups is 1. The van der Waals surface area contributed by atoms with Gasteiger partial charge in [-0.2, -0.15) is 0 Å². The van der Waals surface area contributed by atoms with E-state index in [0.717, 1.165) is 6.07 Å². The topological polar surface area (TPSA) is 20.2 Å². The van der Waals surface area contributed by atoms with Crippen LogP contribution in [0.2, 0.25) is 0 Å². The van der Waals surface area contributed by atoms with Crippen molar-refractivity contribution >= 4 is 6.08 Å². The zero-order valence-electron chi connectivity index (χ0n) is 7.22. The van der Waals surface area contributed by atoms with Crippen LogP contribution in [-0.4, -0.2) is 11.7 Å². The number of halogens is 2. The monoisotopic (exact) mass is 184 g/mol. The zero-order valence-corrected chi connectivity index (χ0v) is 7.22. The summed E-state index contributed by atoms with van der Waals surface area (Å²) in [6.07, 6.45) is 3.03. The van der Waals surface area contributed by atoms with Crippen molar-refractivity contribution in [3.63, 3.8) is 0 Å². The molecule has 0 fully saturated rings. The number of hydrogen-bond acceptors (Lipinski definition) is 1. The van der Waals surface area contributed by atoms with E-state index < -0.39 is 11.6 Å². The van der Waals surface area contributed by atoms with E-state index in [1.807, 2.05) is 0 Å². The molecule has 0 aliphatic heterocycles. The summed E-state index contributed by atoms with van der Waals surface area (Å²) in [6, 6.07) is 2.54. The Hall–Kier alpha value is -1.22. The third kappa shape index (κ3) is 2.12. The van der Waals surface area contributed by atoms with Crippen LogP contribution in [0.25, 0.3) is 6.08 Å². The molecule has 0 spiro atoms. The molecule has 0 amide bonds. The predicted molar refractivity (Wildman–Crippen MR) is 47.2 cm³/mol. The number of rotatable bonds is 2. The first kappa shape index (κ1) is 9.86. The molecule has 1 aromatic rings. The maximum absolute atomic E-state index is 12.9. The van der Waals surface area contributed by atoms with E-state index in [-0.39, 0.29) is 12.2 Å². The summed E-state index contributed by atoms with van der Waals surface area (Å²) in [5.74, 6) is -1.68. The molecule has 70 valence electrons. The second-order valence-electron chi connectivity index (χ2n) is 2.66. The van der Waals surface area contributed by atoms with Crippen LogP contribution in [0.3, 0.4) is 0 Å². The van der Waals surface area contributed by atoms with E-state index in [1.165, 1.54) is 19.1 Å². The van der Waals surface area contributed by atoms with Crippen molar-refractivity contribution < 1.29 is 13.9 Å². The Morgan fingerprint density at radius 2 is 2.08 bits per heavy atom. The molecule has 0 atom stereocenters. The Labute approximate surface area is 75.3 Å². The second kappa shape index (κ2) is 4.14. The molecule has 0 unspecified atom stereocenters. The van der Waals surface area contributed by atoms with Crippen molar-refractivity contribution in [2.75, 3.05) is 6.61 Å². The van der Waals surface area contributed by atoms with Gasteiger partial charge in [0.1, 0.15) is 0 Å². The van der Waals surface area contributed by atoms with Crippen LogP contribution < -0.4 is 0 Å². The highest BCUT2D eigenvalue weighted by Crippen LogP contribution is 2.16. The molecule has 3 heteroatoms. The van der Waals surface area contributed by atoms with E-state index in [0.29, 0.717) is 5.56 Å². The molecule has 1 aromatic carbocycles. The van der Waals surface area contributed by atoms with Crippen LogP contribution in [0.5, 0.6) is 0 Å². The molecule has 13 heavy (non-hydrogen) atoms. The van der Waals surface area contributed by atoms with Crippen molar-refractivity contribution in [2.45, 2.75) is 6.92 Å². The predicted octanol–water partition coefficient (Wildman–Crippen LogP) is 2.28. The lowest BCUT2D eigenvalue weighted by Gasteiger charge is -2.01. The first-order chi connectivity index (χ1) is 6.16. The lowest BCUT2D eigenvalue weighted by atomic mass is 10.1. The fraction of sp³-hybridized carbons (Fsp3) is 0.200. The molecule has 1 N–H and O–H groups in total. The average Bonchev–Trinajstić information content (AvgIpc) is 2.13.